The zero-order chi connectivity index (χ0) is 9.84. The molecule has 0 aromatic heterocycles. The highest BCUT2D eigenvalue weighted by Gasteiger charge is 2.28. The van der Waals surface area contributed by atoms with Crippen molar-refractivity contribution in [3.05, 3.63) is 0 Å². The van der Waals surface area contributed by atoms with Gasteiger partial charge in [-0.2, -0.15) is 0 Å². The van der Waals surface area contributed by atoms with E-state index in [0.29, 0.717) is 19.5 Å². The Morgan fingerprint density at radius 2 is 2.43 bits per heavy atom. The Labute approximate surface area is 89.2 Å². The smallest absolute Gasteiger partial charge is 0.225 e. The lowest BCUT2D eigenvalue weighted by molar-refractivity contribution is -0.126. The second-order valence-corrected chi connectivity index (χ2v) is 3.35. The van der Waals surface area contributed by atoms with E-state index in [2.05, 4.69) is 10.6 Å². The van der Waals surface area contributed by atoms with Crippen LogP contribution in [0.15, 0.2) is 0 Å². The molecular weight excluding hydrogens is 206 g/mol. The molecule has 0 bridgehead atoms. The molecule has 0 aliphatic carbocycles. The molecule has 5 nitrogen and oxygen atoms in total. The van der Waals surface area contributed by atoms with Gasteiger partial charge in [-0.15, -0.1) is 12.4 Å². The van der Waals surface area contributed by atoms with Gasteiger partial charge >= 0.3 is 0 Å². The van der Waals surface area contributed by atoms with Crippen molar-refractivity contribution in [2.45, 2.75) is 19.4 Å². The Hall–Kier alpha value is -0.810. The molecule has 4 N–H and O–H groups in total. The van der Waals surface area contributed by atoms with Gasteiger partial charge in [-0.05, 0) is 6.92 Å². The number of nitrogens with two attached hydrogens (primary N) is 1. The second kappa shape index (κ2) is 5.82. The van der Waals surface area contributed by atoms with Crippen molar-refractivity contribution in [1.82, 2.24) is 10.6 Å². The van der Waals surface area contributed by atoms with Crippen molar-refractivity contribution in [1.29, 1.82) is 0 Å². The lowest BCUT2D eigenvalue weighted by Gasteiger charge is -2.13. The minimum absolute atomic E-state index is 0. The van der Waals surface area contributed by atoms with E-state index in [0.717, 1.165) is 0 Å². The third-order valence-corrected chi connectivity index (χ3v) is 2.09. The van der Waals surface area contributed by atoms with Crippen molar-refractivity contribution in [3.63, 3.8) is 0 Å². The molecule has 0 radical (unpaired) electrons. The standard InChI is InChI=1S/C8H15N3O2.ClH/c1-5(3-9)11-8(13)6-2-7(12)10-4-6;/h5-6H,2-4,9H2,1H3,(H,10,12)(H,11,13);1H/t5-,6?;/m0./s1. The fraction of sp³-hybridized carbons (Fsp3) is 0.750. The number of rotatable bonds is 3. The normalized spacial score (nSPS) is 22.1. The number of halogens is 1. The summed E-state index contributed by atoms with van der Waals surface area (Å²) in [5, 5.41) is 5.35. The van der Waals surface area contributed by atoms with E-state index in [1.54, 1.807) is 0 Å². The number of carbonyl (C=O) groups excluding carboxylic acids is 2. The van der Waals surface area contributed by atoms with Crippen LogP contribution in [-0.4, -0.2) is 30.9 Å². The second-order valence-electron chi connectivity index (χ2n) is 3.35. The molecule has 0 aromatic rings. The first kappa shape index (κ1) is 13.2. The van der Waals surface area contributed by atoms with Gasteiger partial charge in [0.1, 0.15) is 0 Å². The summed E-state index contributed by atoms with van der Waals surface area (Å²) in [5.74, 6) is -0.363. The van der Waals surface area contributed by atoms with Crippen molar-refractivity contribution in [2.24, 2.45) is 11.7 Å². The first-order valence-electron chi connectivity index (χ1n) is 4.40. The van der Waals surface area contributed by atoms with Gasteiger partial charge in [0, 0.05) is 25.6 Å². The molecule has 0 spiro atoms. The average Bonchev–Trinajstić information content (AvgIpc) is 2.51. The predicted molar refractivity (Wildman–Crippen MR) is 55.0 cm³/mol. The highest BCUT2D eigenvalue weighted by Crippen LogP contribution is 2.08. The van der Waals surface area contributed by atoms with E-state index in [9.17, 15) is 9.59 Å². The fourth-order valence-electron chi connectivity index (χ4n) is 1.21. The summed E-state index contributed by atoms with van der Waals surface area (Å²) >= 11 is 0. The van der Waals surface area contributed by atoms with Crippen LogP contribution in [0.4, 0.5) is 0 Å². The minimum Gasteiger partial charge on any atom is -0.355 e. The van der Waals surface area contributed by atoms with E-state index in [4.69, 9.17) is 5.73 Å². The third kappa shape index (κ3) is 3.51. The van der Waals surface area contributed by atoms with Gasteiger partial charge in [0.05, 0.1) is 5.92 Å². The third-order valence-electron chi connectivity index (χ3n) is 2.09. The Kier molecular flexibility index (Phi) is 5.49. The molecule has 1 fully saturated rings. The summed E-state index contributed by atoms with van der Waals surface area (Å²) in [6.45, 7) is 2.70. The van der Waals surface area contributed by atoms with Crippen LogP contribution in [0.25, 0.3) is 0 Å². The van der Waals surface area contributed by atoms with E-state index < -0.39 is 0 Å². The SMILES string of the molecule is C[C@@H](CN)NC(=O)C1CNC(=O)C1.Cl. The number of nitrogens with one attached hydrogen (secondary N) is 2. The van der Waals surface area contributed by atoms with Crippen molar-refractivity contribution in [3.8, 4) is 0 Å². The molecule has 1 aliphatic heterocycles. The summed E-state index contributed by atoms with van der Waals surface area (Å²) in [7, 11) is 0. The van der Waals surface area contributed by atoms with Gasteiger partial charge in [0.25, 0.3) is 0 Å². The van der Waals surface area contributed by atoms with Crippen LogP contribution >= 0.6 is 12.4 Å². The molecule has 1 unspecified atom stereocenters. The van der Waals surface area contributed by atoms with Gasteiger partial charge in [-0.1, -0.05) is 0 Å². The Bertz CT molecular complexity index is 223. The molecule has 14 heavy (non-hydrogen) atoms. The Morgan fingerprint density at radius 3 is 2.86 bits per heavy atom. The number of carbonyl (C=O) groups is 2. The molecule has 1 saturated heterocycles. The fourth-order valence-corrected chi connectivity index (χ4v) is 1.21. The van der Waals surface area contributed by atoms with Crippen LogP contribution in [0.3, 0.4) is 0 Å². The topological polar surface area (TPSA) is 84.2 Å². The molecule has 0 aromatic carbocycles. The van der Waals surface area contributed by atoms with Crippen molar-refractivity contribution < 1.29 is 9.59 Å². The molecule has 6 heteroatoms. The summed E-state index contributed by atoms with van der Waals surface area (Å²) in [6.07, 6.45) is 0.295. The molecule has 1 aliphatic rings. The molecule has 1 rings (SSSR count). The van der Waals surface area contributed by atoms with Crippen molar-refractivity contribution >= 4 is 24.2 Å². The first-order valence-corrected chi connectivity index (χ1v) is 4.40. The maximum Gasteiger partial charge on any atom is 0.225 e. The summed E-state index contributed by atoms with van der Waals surface area (Å²) in [6, 6.07) is -0.0248. The van der Waals surface area contributed by atoms with Crippen LogP contribution in [0.5, 0.6) is 0 Å². The van der Waals surface area contributed by atoms with Gasteiger partial charge in [0.15, 0.2) is 0 Å². The Morgan fingerprint density at radius 1 is 1.79 bits per heavy atom. The predicted octanol–water partition coefficient (Wildman–Crippen LogP) is -0.992. The highest BCUT2D eigenvalue weighted by molar-refractivity contribution is 5.89. The van der Waals surface area contributed by atoms with Gasteiger partial charge in [-0.3, -0.25) is 9.59 Å². The summed E-state index contributed by atoms with van der Waals surface area (Å²) in [5.41, 5.74) is 5.35. The quantitative estimate of drug-likeness (QED) is 0.572. The van der Waals surface area contributed by atoms with Gasteiger partial charge in [-0.25, -0.2) is 0 Å². The summed E-state index contributed by atoms with van der Waals surface area (Å²) < 4.78 is 0. The van der Waals surface area contributed by atoms with Crippen LogP contribution in [0, 0.1) is 5.92 Å². The maximum absolute atomic E-state index is 11.4. The molecule has 2 atom stereocenters. The monoisotopic (exact) mass is 221 g/mol. The maximum atomic E-state index is 11.4. The molecule has 2 amide bonds. The number of hydrogen-bond acceptors (Lipinski definition) is 3. The van der Waals surface area contributed by atoms with E-state index >= 15 is 0 Å². The Balaban J connectivity index is 0.00000169. The molecule has 0 saturated carbocycles. The first-order chi connectivity index (χ1) is 6.13. The van der Waals surface area contributed by atoms with Crippen LogP contribution in [-0.2, 0) is 9.59 Å². The largest absolute Gasteiger partial charge is 0.355 e. The van der Waals surface area contributed by atoms with Gasteiger partial charge < -0.3 is 16.4 Å². The number of amides is 2. The molecular formula is C8H16ClN3O2. The van der Waals surface area contributed by atoms with Crippen LogP contribution < -0.4 is 16.4 Å². The van der Waals surface area contributed by atoms with Crippen molar-refractivity contribution in [2.75, 3.05) is 13.1 Å². The van der Waals surface area contributed by atoms with E-state index in [1.807, 2.05) is 6.92 Å². The van der Waals surface area contributed by atoms with Gasteiger partial charge in [0.2, 0.25) is 11.8 Å². The average molecular weight is 222 g/mol. The zero-order valence-electron chi connectivity index (χ0n) is 8.08. The molecule has 1 heterocycles. The van der Waals surface area contributed by atoms with Crippen LogP contribution in [0.2, 0.25) is 0 Å². The number of hydrogen-bond donors (Lipinski definition) is 3. The minimum atomic E-state index is -0.221. The molecule has 82 valence electrons. The lowest BCUT2D eigenvalue weighted by Crippen LogP contribution is -2.41. The zero-order valence-corrected chi connectivity index (χ0v) is 8.89. The van der Waals surface area contributed by atoms with Crippen LogP contribution in [0.1, 0.15) is 13.3 Å². The highest BCUT2D eigenvalue weighted by atomic mass is 35.5. The van der Waals surface area contributed by atoms with E-state index in [-0.39, 0.29) is 36.2 Å². The lowest BCUT2D eigenvalue weighted by atomic mass is 10.1. The van der Waals surface area contributed by atoms with E-state index in [1.165, 1.54) is 0 Å². The summed E-state index contributed by atoms with van der Waals surface area (Å²) in [4.78, 5) is 22.2.